The summed E-state index contributed by atoms with van der Waals surface area (Å²) in [5, 5.41) is 6.35. The monoisotopic (exact) mass is 960 g/mol. The number of hydrogen-bond acceptors (Lipinski definition) is 5. The molecule has 10 aromatic carbocycles. The highest BCUT2D eigenvalue weighted by atomic mass is 16.4. The lowest BCUT2D eigenvalue weighted by atomic mass is 9.79. The van der Waals surface area contributed by atoms with E-state index in [0.29, 0.717) is 23.9 Å². The summed E-state index contributed by atoms with van der Waals surface area (Å²) in [5.41, 5.74) is 17.3. The molecule has 6 heteroatoms. The first-order chi connectivity index (χ1) is 37.2. The van der Waals surface area contributed by atoms with Crippen molar-refractivity contribution < 1.29 is 8.83 Å². The fourth-order valence-electron chi connectivity index (χ4n) is 11.5. The minimum atomic E-state index is -0.170. The Morgan fingerprint density at radius 3 is 1.45 bits per heavy atom. The van der Waals surface area contributed by atoms with Crippen LogP contribution in [0.1, 0.15) is 29.3 Å². The average Bonchev–Trinajstić information content (AvgIpc) is 4.22. The number of fused-ring (bicyclic) bond motifs is 11. The fourth-order valence-corrected chi connectivity index (χ4v) is 11.5. The molecule has 0 saturated heterocycles. The Morgan fingerprint density at radius 1 is 0.347 bits per heavy atom. The topological polar surface area (TPSA) is 69.9 Å². The molecular weight excluding hydrogens is 917 g/mol. The maximum absolute atomic E-state index is 7.16. The van der Waals surface area contributed by atoms with E-state index in [-0.39, 0.29) is 5.92 Å². The van der Waals surface area contributed by atoms with E-state index in [4.69, 9.17) is 23.8 Å². The van der Waals surface area contributed by atoms with Gasteiger partial charge in [0, 0.05) is 55.2 Å². The standard InChI is InChI=1S/C69H44N4O2/c1-5-17-43(18-6-1)45-29-33-47(34-30-45)57-41-51(69-71-67(49-21-9-3-10-22-49)70-68(72-69)50-23-11-4-12-24-50)42-58(48-35-31-46(32-36-48)44-19-7-2-8-20-44)63(57)73-59-27-15-13-26-56(59)62-60(73)40-39-54-55-38-37-53-52-25-14-16-28-61(52)74-65(53)66(55)75-64(54)62/h1-41,58H,42H2/t58-/m1/s1. The molecule has 0 radical (unpaired) electrons. The van der Waals surface area contributed by atoms with E-state index in [2.05, 4.69) is 205 Å². The second-order valence-electron chi connectivity index (χ2n) is 19.4. The van der Waals surface area contributed by atoms with Gasteiger partial charge in [0.2, 0.25) is 0 Å². The van der Waals surface area contributed by atoms with Crippen molar-refractivity contribution in [2.45, 2.75) is 12.3 Å². The summed E-state index contributed by atoms with van der Waals surface area (Å²) < 4.78 is 16.3. The number of furan rings is 2. The first-order valence-corrected chi connectivity index (χ1v) is 25.5. The van der Waals surface area contributed by atoms with E-state index < -0.39 is 0 Å². The maximum Gasteiger partial charge on any atom is 0.178 e. The van der Waals surface area contributed by atoms with Crippen LogP contribution in [0.4, 0.5) is 0 Å². The van der Waals surface area contributed by atoms with Gasteiger partial charge in [0.1, 0.15) is 11.2 Å². The predicted octanol–water partition coefficient (Wildman–Crippen LogP) is 18.1. The summed E-state index contributed by atoms with van der Waals surface area (Å²) in [6, 6.07) is 85.7. The highest BCUT2D eigenvalue weighted by molar-refractivity contribution is 6.27. The van der Waals surface area contributed by atoms with Crippen LogP contribution in [0.25, 0.3) is 128 Å². The number of rotatable bonds is 8. The number of nitrogens with zero attached hydrogens (tertiary/aromatic N) is 4. The summed E-state index contributed by atoms with van der Waals surface area (Å²) in [4.78, 5) is 15.8. The Morgan fingerprint density at radius 2 is 0.813 bits per heavy atom. The summed E-state index contributed by atoms with van der Waals surface area (Å²) in [6.45, 7) is 0. The SMILES string of the molecule is C1=C(c2nc(-c3ccccc3)nc(-c3ccccc3)n2)C[C@H](c2ccc(-c3ccccc3)cc2)C(n2c3ccccc3c3c4oc5c(ccc6c7ccccc7oc65)c4ccc32)=C1c1ccc(-c2ccccc2)cc1. The molecule has 1 aliphatic rings. The van der Waals surface area contributed by atoms with Crippen molar-refractivity contribution in [3.63, 3.8) is 0 Å². The Labute approximate surface area is 431 Å². The molecule has 4 aromatic heterocycles. The molecule has 0 spiro atoms. The zero-order chi connectivity index (χ0) is 49.4. The van der Waals surface area contributed by atoms with Crippen molar-refractivity contribution in [1.82, 2.24) is 19.5 Å². The summed E-state index contributed by atoms with van der Waals surface area (Å²) >= 11 is 0. The van der Waals surface area contributed by atoms with Crippen LogP contribution in [-0.2, 0) is 0 Å². The van der Waals surface area contributed by atoms with Gasteiger partial charge >= 0.3 is 0 Å². The van der Waals surface area contributed by atoms with Crippen LogP contribution in [0, 0.1) is 0 Å². The average molecular weight is 961 g/mol. The van der Waals surface area contributed by atoms with E-state index >= 15 is 0 Å². The first kappa shape index (κ1) is 42.7. The first-order valence-electron chi connectivity index (χ1n) is 25.5. The number of aromatic nitrogens is 4. The zero-order valence-corrected chi connectivity index (χ0v) is 40.6. The Bertz CT molecular complexity index is 4510. The van der Waals surface area contributed by atoms with Crippen molar-refractivity contribution in [1.29, 1.82) is 0 Å². The van der Waals surface area contributed by atoms with Gasteiger partial charge in [-0.15, -0.1) is 0 Å². The van der Waals surface area contributed by atoms with Gasteiger partial charge in [-0.05, 0) is 87.8 Å². The second-order valence-corrected chi connectivity index (χ2v) is 19.4. The van der Waals surface area contributed by atoms with Crippen molar-refractivity contribution in [2.24, 2.45) is 0 Å². The third-order valence-corrected chi connectivity index (χ3v) is 15.1. The normalized spacial score (nSPS) is 14.0. The predicted molar refractivity (Wildman–Crippen MR) is 307 cm³/mol. The van der Waals surface area contributed by atoms with Gasteiger partial charge in [-0.25, -0.2) is 15.0 Å². The Kier molecular flexibility index (Phi) is 9.91. The molecule has 14 aromatic rings. The van der Waals surface area contributed by atoms with Crippen LogP contribution in [0.5, 0.6) is 0 Å². The van der Waals surface area contributed by atoms with Gasteiger partial charge < -0.3 is 13.4 Å². The highest BCUT2D eigenvalue weighted by Crippen LogP contribution is 2.51. The molecule has 6 nitrogen and oxygen atoms in total. The number of hydrogen-bond donors (Lipinski definition) is 0. The Balaban J connectivity index is 1.03. The lowest BCUT2D eigenvalue weighted by Gasteiger charge is -2.31. The minimum absolute atomic E-state index is 0.170. The molecule has 15 rings (SSSR count). The van der Waals surface area contributed by atoms with E-state index in [1.165, 1.54) is 16.7 Å². The van der Waals surface area contributed by atoms with Gasteiger partial charge in [-0.2, -0.15) is 0 Å². The zero-order valence-electron chi connectivity index (χ0n) is 40.6. The van der Waals surface area contributed by atoms with E-state index in [1.54, 1.807) is 0 Å². The molecule has 0 aliphatic heterocycles. The Hall–Kier alpha value is -9.91. The quantitative estimate of drug-likeness (QED) is 0.152. The molecule has 0 unspecified atom stereocenters. The van der Waals surface area contributed by atoms with Gasteiger partial charge in [-0.1, -0.05) is 206 Å². The third kappa shape index (κ3) is 7.13. The highest BCUT2D eigenvalue weighted by Gasteiger charge is 2.33. The van der Waals surface area contributed by atoms with Crippen molar-refractivity contribution in [3.8, 4) is 45.0 Å². The van der Waals surface area contributed by atoms with Gasteiger partial charge in [-0.3, -0.25) is 0 Å². The maximum atomic E-state index is 7.16. The van der Waals surface area contributed by atoms with Crippen molar-refractivity contribution in [2.75, 3.05) is 0 Å². The molecule has 0 fully saturated rings. The number of allylic oxidation sites excluding steroid dienone is 4. The van der Waals surface area contributed by atoms with Crippen LogP contribution >= 0.6 is 0 Å². The third-order valence-electron chi connectivity index (χ3n) is 15.1. The molecule has 1 aliphatic carbocycles. The lowest BCUT2D eigenvalue weighted by Crippen LogP contribution is -2.16. The van der Waals surface area contributed by atoms with Gasteiger partial charge in [0.05, 0.1) is 16.4 Å². The molecule has 0 saturated carbocycles. The van der Waals surface area contributed by atoms with E-state index in [0.717, 1.165) is 110 Å². The molecule has 0 bridgehead atoms. The minimum Gasteiger partial charge on any atom is -0.452 e. The molecule has 0 amide bonds. The van der Waals surface area contributed by atoms with Crippen LogP contribution in [-0.4, -0.2) is 19.5 Å². The number of benzene rings is 10. The van der Waals surface area contributed by atoms with Gasteiger partial charge in [0.15, 0.2) is 28.6 Å². The summed E-state index contributed by atoms with van der Waals surface area (Å²) in [7, 11) is 0. The summed E-state index contributed by atoms with van der Waals surface area (Å²) in [5.74, 6) is 1.74. The largest absolute Gasteiger partial charge is 0.452 e. The molecule has 4 heterocycles. The van der Waals surface area contributed by atoms with E-state index in [1.807, 2.05) is 48.5 Å². The smallest absolute Gasteiger partial charge is 0.178 e. The molecular formula is C69H44N4O2. The summed E-state index contributed by atoms with van der Waals surface area (Å²) in [6.07, 6.45) is 2.96. The van der Waals surface area contributed by atoms with E-state index in [9.17, 15) is 0 Å². The molecule has 352 valence electrons. The second kappa shape index (κ2) is 17.4. The van der Waals surface area contributed by atoms with Gasteiger partial charge in [0.25, 0.3) is 0 Å². The van der Waals surface area contributed by atoms with Crippen LogP contribution in [0.3, 0.4) is 0 Å². The van der Waals surface area contributed by atoms with Crippen LogP contribution in [0.2, 0.25) is 0 Å². The number of para-hydroxylation sites is 2. The van der Waals surface area contributed by atoms with Crippen molar-refractivity contribution in [3.05, 3.63) is 266 Å². The van der Waals surface area contributed by atoms with Crippen molar-refractivity contribution >= 4 is 82.5 Å². The molecule has 0 N–H and O–H groups in total. The lowest BCUT2D eigenvalue weighted by molar-refractivity contribution is 0.635. The molecule has 1 atom stereocenters. The van der Waals surface area contributed by atoms with Crippen LogP contribution in [0.15, 0.2) is 258 Å². The fraction of sp³-hybridized carbons (Fsp3) is 0.0290. The van der Waals surface area contributed by atoms with Crippen LogP contribution < -0.4 is 0 Å². The molecule has 75 heavy (non-hydrogen) atoms.